The molecule has 0 bridgehead atoms. The first-order valence-electron chi connectivity index (χ1n) is 7.35. The quantitative estimate of drug-likeness (QED) is 0.894. The number of hydrogen-bond donors (Lipinski definition) is 1. The van der Waals surface area contributed by atoms with Crippen LogP contribution in [0.2, 0.25) is 0 Å². The number of ether oxygens (including phenoxy) is 1. The zero-order chi connectivity index (χ0) is 13.2. The van der Waals surface area contributed by atoms with E-state index in [2.05, 4.69) is 42.3 Å². The zero-order valence-electron chi connectivity index (χ0n) is 12.0. The lowest BCUT2D eigenvalue weighted by molar-refractivity contribution is 0.227. The molecule has 1 aromatic rings. The molecule has 104 valence electrons. The topological polar surface area (TPSA) is 24.5 Å². The maximum absolute atomic E-state index is 5.94. The summed E-state index contributed by atoms with van der Waals surface area (Å²) < 4.78 is 5.94. The van der Waals surface area contributed by atoms with Crippen LogP contribution in [0.25, 0.3) is 0 Å². The van der Waals surface area contributed by atoms with Gasteiger partial charge in [0, 0.05) is 19.6 Å². The van der Waals surface area contributed by atoms with Gasteiger partial charge in [-0.2, -0.15) is 0 Å². The lowest BCUT2D eigenvalue weighted by Gasteiger charge is -2.18. The molecule has 0 saturated carbocycles. The zero-order valence-corrected chi connectivity index (χ0v) is 12.0. The number of aryl methyl sites for hydroxylation is 2. The van der Waals surface area contributed by atoms with E-state index in [-0.39, 0.29) is 0 Å². The van der Waals surface area contributed by atoms with Gasteiger partial charge in [-0.25, -0.2) is 0 Å². The lowest BCUT2D eigenvalue weighted by atomic mass is 10.0. The Labute approximate surface area is 115 Å². The number of nitrogens with zero attached hydrogens (tertiary/aromatic N) is 1. The van der Waals surface area contributed by atoms with Crippen molar-refractivity contribution in [1.82, 2.24) is 10.2 Å². The molecule has 2 aliphatic heterocycles. The summed E-state index contributed by atoms with van der Waals surface area (Å²) >= 11 is 0. The normalized spacial score (nSPS) is 26.6. The van der Waals surface area contributed by atoms with Crippen LogP contribution in [0.4, 0.5) is 0 Å². The van der Waals surface area contributed by atoms with Crippen LogP contribution in [-0.4, -0.2) is 44.2 Å². The summed E-state index contributed by atoms with van der Waals surface area (Å²) in [6, 6.07) is 6.41. The summed E-state index contributed by atoms with van der Waals surface area (Å²) in [6.07, 6.45) is 0. The van der Waals surface area contributed by atoms with E-state index in [1.54, 1.807) is 0 Å². The van der Waals surface area contributed by atoms with E-state index in [0.29, 0.717) is 0 Å². The number of benzene rings is 1. The Morgan fingerprint density at radius 1 is 1.21 bits per heavy atom. The highest BCUT2D eigenvalue weighted by Gasteiger charge is 2.35. The van der Waals surface area contributed by atoms with Crippen molar-refractivity contribution in [3.05, 3.63) is 29.3 Å². The van der Waals surface area contributed by atoms with Crippen LogP contribution in [0, 0.1) is 25.7 Å². The first kappa shape index (κ1) is 12.9. The van der Waals surface area contributed by atoms with Crippen LogP contribution in [0.3, 0.4) is 0 Å². The van der Waals surface area contributed by atoms with Gasteiger partial charge in [0.2, 0.25) is 0 Å². The van der Waals surface area contributed by atoms with E-state index in [1.165, 1.54) is 37.3 Å². The summed E-state index contributed by atoms with van der Waals surface area (Å²) in [5.41, 5.74) is 2.50. The molecule has 0 amide bonds. The molecule has 2 heterocycles. The molecule has 0 aromatic heterocycles. The summed E-state index contributed by atoms with van der Waals surface area (Å²) in [4.78, 5) is 2.56. The fraction of sp³-hybridized carbons (Fsp3) is 0.625. The van der Waals surface area contributed by atoms with Gasteiger partial charge in [0.25, 0.3) is 0 Å². The third-order valence-electron chi connectivity index (χ3n) is 4.47. The number of rotatable bonds is 4. The van der Waals surface area contributed by atoms with Gasteiger partial charge in [0.15, 0.2) is 0 Å². The average molecular weight is 260 g/mol. The SMILES string of the molecule is Cc1ccc(C)c(OCCN2CC3CNCC3C2)c1. The smallest absolute Gasteiger partial charge is 0.122 e. The Morgan fingerprint density at radius 2 is 1.95 bits per heavy atom. The maximum atomic E-state index is 5.94. The van der Waals surface area contributed by atoms with Crippen molar-refractivity contribution in [2.75, 3.05) is 39.3 Å². The van der Waals surface area contributed by atoms with Gasteiger partial charge in [0.1, 0.15) is 12.4 Å². The number of likely N-dealkylation sites (tertiary alicyclic amines) is 1. The molecular weight excluding hydrogens is 236 g/mol. The number of hydrogen-bond acceptors (Lipinski definition) is 3. The lowest BCUT2D eigenvalue weighted by Crippen LogP contribution is -2.29. The molecule has 0 aliphatic carbocycles. The third-order valence-corrected chi connectivity index (χ3v) is 4.47. The highest BCUT2D eigenvalue weighted by molar-refractivity contribution is 5.35. The van der Waals surface area contributed by atoms with Crippen molar-refractivity contribution in [2.45, 2.75) is 13.8 Å². The van der Waals surface area contributed by atoms with E-state index < -0.39 is 0 Å². The molecule has 2 unspecified atom stereocenters. The van der Waals surface area contributed by atoms with E-state index in [4.69, 9.17) is 4.74 Å². The van der Waals surface area contributed by atoms with Crippen LogP contribution < -0.4 is 10.1 Å². The van der Waals surface area contributed by atoms with Gasteiger partial charge < -0.3 is 10.1 Å². The van der Waals surface area contributed by atoms with E-state index >= 15 is 0 Å². The van der Waals surface area contributed by atoms with E-state index in [9.17, 15) is 0 Å². The fourth-order valence-electron chi connectivity index (χ4n) is 3.28. The molecule has 2 saturated heterocycles. The molecule has 3 nitrogen and oxygen atoms in total. The Morgan fingerprint density at radius 3 is 2.68 bits per heavy atom. The molecule has 0 radical (unpaired) electrons. The van der Waals surface area contributed by atoms with Gasteiger partial charge in [-0.05, 0) is 56.0 Å². The molecule has 1 N–H and O–H groups in total. The fourth-order valence-corrected chi connectivity index (χ4v) is 3.28. The monoisotopic (exact) mass is 260 g/mol. The summed E-state index contributed by atoms with van der Waals surface area (Å²) in [5.74, 6) is 2.79. The largest absolute Gasteiger partial charge is 0.492 e. The van der Waals surface area contributed by atoms with Crippen LogP contribution >= 0.6 is 0 Å². The summed E-state index contributed by atoms with van der Waals surface area (Å²) in [5, 5.41) is 3.48. The standard InChI is InChI=1S/C16H24N2O/c1-12-3-4-13(2)16(7-12)19-6-5-18-10-14-8-17-9-15(14)11-18/h3-4,7,14-15,17H,5-6,8-11H2,1-2H3. The Hall–Kier alpha value is -1.06. The van der Waals surface area contributed by atoms with Crippen LogP contribution in [-0.2, 0) is 0 Å². The minimum Gasteiger partial charge on any atom is -0.492 e. The van der Waals surface area contributed by atoms with Crippen molar-refractivity contribution in [3.63, 3.8) is 0 Å². The van der Waals surface area contributed by atoms with Crippen LogP contribution in [0.5, 0.6) is 5.75 Å². The Bertz CT molecular complexity index is 434. The van der Waals surface area contributed by atoms with Gasteiger partial charge >= 0.3 is 0 Å². The summed E-state index contributed by atoms with van der Waals surface area (Å²) in [7, 11) is 0. The van der Waals surface area contributed by atoms with Crippen molar-refractivity contribution < 1.29 is 4.74 Å². The molecule has 3 heteroatoms. The first-order valence-corrected chi connectivity index (χ1v) is 7.35. The summed E-state index contributed by atoms with van der Waals surface area (Å²) in [6.45, 7) is 11.0. The second-order valence-electron chi connectivity index (χ2n) is 6.06. The molecule has 2 aliphatic rings. The second kappa shape index (κ2) is 5.51. The van der Waals surface area contributed by atoms with Crippen molar-refractivity contribution in [2.24, 2.45) is 11.8 Å². The predicted octanol–water partition coefficient (Wildman–Crippen LogP) is 1.83. The van der Waals surface area contributed by atoms with Gasteiger partial charge in [-0.15, -0.1) is 0 Å². The first-order chi connectivity index (χ1) is 9.22. The second-order valence-corrected chi connectivity index (χ2v) is 6.06. The maximum Gasteiger partial charge on any atom is 0.122 e. The van der Waals surface area contributed by atoms with E-state index in [1.807, 2.05) is 0 Å². The average Bonchev–Trinajstić information content (AvgIpc) is 2.94. The molecule has 19 heavy (non-hydrogen) atoms. The molecule has 1 aromatic carbocycles. The van der Waals surface area contributed by atoms with Gasteiger partial charge in [-0.3, -0.25) is 4.90 Å². The number of nitrogens with one attached hydrogen (secondary N) is 1. The Kier molecular flexibility index (Phi) is 3.76. The molecule has 3 rings (SSSR count). The molecule has 0 spiro atoms. The molecular formula is C16H24N2O. The number of fused-ring (bicyclic) bond motifs is 1. The van der Waals surface area contributed by atoms with Gasteiger partial charge in [0.05, 0.1) is 0 Å². The van der Waals surface area contributed by atoms with Crippen molar-refractivity contribution in [1.29, 1.82) is 0 Å². The predicted molar refractivity (Wildman–Crippen MR) is 77.7 cm³/mol. The third kappa shape index (κ3) is 2.93. The van der Waals surface area contributed by atoms with Crippen molar-refractivity contribution >= 4 is 0 Å². The van der Waals surface area contributed by atoms with Crippen LogP contribution in [0.15, 0.2) is 18.2 Å². The molecule has 2 atom stereocenters. The minimum absolute atomic E-state index is 0.803. The van der Waals surface area contributed by atoms with Crippen molar-refractivity contribution in [3.8, 4) is 5.75 Å². The van der Waals surface area contributed by atoms with E-state index in [0.717, 1.165) is 30.7 Å². The minimum atomic E-state index is 0.803. The highest BCUT2D eigenvalue weighted by atomic mass is 16.5. The van der Waals surface area contributed by atoms with Crippen LogP contribution in [0.1, 0.15) is 11.1 Å². The van der Waals surface area contributed by atoms with Gasteiger partial charge in [-0.1, -0.05) is 12.1 Å². The molecule has 2 fully saturated rings. The Balaban J connectivity index is 1.47. The highest BCUT2D eigenvalue weighted by Crippen LogP contribution is 2.26.